The summed E-state index contributed by atoms with van der Waals surface area (Å²) in [4.78, 5) is 15.1. The summed E-state index contributed by atoms with van der Waals surface area (Å²) < 4.78 is 11.5. The smallest absolute Gasteiger partial charge is 0.310 e. The normalized spacial score (nSPS) is 23.6. The Hall–Kier alpha value is -1.62. The van der Waals surface area contributed by atoms with E-state index in [0.29, 0.717) is 12.5 Å². The molecule has 0 N–H and O–H groups in total. The molecule has 1 heterocycles. The zero-order valence-corrected chi connectivity index (χ0v) is 16.5. The topological polar surface area (TPSA) is 38.8 Å². The lowest BCUT2D eigenvalue weighted by Gasteiger charge is -2.41. The van der Waals surface area contributed by atoms with Crippen LogP contribution >= 0.6 is 12.4 Å². The van der Waals surface area contributed by atoms with Crippen LogP contribution in [0.5, 0.6) is 0 Å². The van der Waals surface area contributed by atoms with Crippen LogP contribution in [0, 0.1) is 0 Å². The number of esters is 1. The Morgan fingerprint density at radius 2 is 1.78 bits per heavy atom. The number of carbonyl (C=O) groups excluding carboxylic acids is 1. The average Bonchev–Trinajstić information content (AvgIpc) is 2.69. The lowest BCUT2D eigenvalue weighted by Crippen LogP contribution is -2.51. The standard InChI is InChI=1S/C22H27NO3.ClH/c24-22(16-18-8-5-7-17-6-1-2-9-19(17)18)26-21-11-4-3-10-20(21)23-12-14-25-15-13-23;/h1-2,5-9,20-21H,3-4,10-16H2;1H. The van der Waals surface area contributed by atoms with Gasteiger partial charge in [0.1, 0.15) is 6.10 Å². The Labute approximate surface area is 167 Å². The third-order valence-electron chi connectivity index (χ3n) is 5.68. The maximum atomic E-state index is 12.7. The van der Waals surface area contributed by atoms with Crippen molar-refractivity contribution in [2.75, 3.05) is 26.3 Å². The molecule has 2 aliphatic rings. The van der Waals surface area contributed by atoms with E-state index in [1.807, 2.05) is 24.3 Å². The van der Waals surface area contributed by atoms with E-state index in [4.69, 9.17) is 9.47 Å². The van der Waals surface area contributed by atoms with E-state index in [-0.39, 0.29) is 24.5 Å². The molecule has 0 bridgehead atoms. The molecule has 4 nitrogen and oxygen atoms in total. The second-order valence-electron chi connectivity index (χ2n) is 7.34. The maximum absolute atomic E-state index is 12.7. The van der Waals surface area contributed by atoms with Crippen LogP contribution < -0.4 is 0 Å². The molecule has 146 valence electrons. The van der Waals surface area contributed by atoms with Crippen molar-refractivity contribution in [3.05, 3.63) is 48.0 Å². The first kappa shape index (κ1) is 20.1. The summed E-state index contributed by atoms with van der Waals surface area (Å²) >= 11 is 0. The molecule has 1 saturated heterocycles. The Morgan fingerprint density at radius 3 is 2.63 bits per heavy atom. The van der Waals surface area contributed by atoms with Crippen LogP contribution in [-0.2, 0) is 20.7 Å². The van der Waals surface area contributed by atoms with E-state index >= 15 is 0 Å². The molecule has 2 aromatic carbocycles. The number of carbonyl (C=O) groups is 1. The van der Waals surface area contributed by atoms with Crippen molar-refractivity contribution in [3.63, 3.8) is 0 Å². The van der Waals surface area contributed by atoms with Crippen molar-refractivity contribution in [2.24, 2.45) is 0 Å². The molecular formula is C22H28ClNO3. The Kier molecular flexibility index (Phi) is 7.11. The molecule has 2 atom stereocenters. The molecule has 0 spiro atoms. The van der Waals surface area contributed by atoms with Crippen molar-refractivity contribution < 1.29 is 14.3 Å². The second kappa shape index (κ2) is 9.54. The quantitative estimate of drug-likeness (QED) is 0.741. The van der Waals surface area contributed by atoms with Gasteiger partial charge in [-0.25, -0.2) is 0 Å². The first-order valence-corrected chi connectivity index (χ1v) is 9.79. The fourth-order valence-electron chi connectivity index (χ4n) is 4.35. The molecule has 27 heavy (non-hydrogen) atoms. The van der Waals surface area contributed by atoms with Crippen LogP contribution in [0.15, 0.2) is 42.5 Å². The van der Waals surface area contributed by atoms with Gasteiger partial charge in [-0.15, -0.1) is 12.4 Å². The summed E-state index contributed by atoms with van der Waals surface area (Å²) in [5.74, 6) is -0.105. The molecular weight excluding hydrogens is 362 g/mol. The van der Waals surface area contributed by atoms with E-state index in [2.05, 4.69) is 23.1 Å². The largest absolute Gasteiger partial charge is 0.460 e. The summed E-state index contributed by atoms with van der Waals surface area (Å²) in [6, 6.07) is 14.7. The maximum Gasteiger partial charge on any atom is 0.310 e. The number of fused-ring (bicyclic) bond motifs is 1. The van der Waals surface area contributed by atoms with E-state index in [1.165, 1.54) is 11.8 Å². The van der Waals surface area contributed by atoms with Crippen LogP contribution in [0.25, 0.3) is 10.8 Å². The van der Waals surface area contributed by atoms with E-state index < -0.39 is 0 Å². The number of hydrogen-bond acceptors (Lipinski definition) is 4. The highest BCUT2D eigenvalue weighted by molar-refractivity contribution is 5.89. The van der Waals surface area contributed by atoms with Gasteiger partial charge in [0.25, 0.3) is 0 Å². The molecule has 1 saturated carbocycles. The van der Waals surface area contributed by atoms with Crippen LogP contribution in [-0.4, -0.2) is 49.3 Å². The van der Waals surface area contributed by atoms with Crippen molar-refractivity contribution >= 4 is 29.1 Å². The van der Waals surface area contributed by atoms with Crippen molar-refractivity contribution in [1.82, 2.24) is 4.90 Å². The highest BCUT2D eigenvalue weighted by atomic mass is 35.5. The molecule has 0 radical (unpaired) electrons. The summed E-state index contributed by atoms with van der Waals surface area (Å²) in [5, 5.41) is 2.31. The Bertz CT molecular complexity index is 755. The van der Waals surface area contributed by atoms with Gasteiger partial charge < -0.3 is 9.47 Å². The van der Waals surface area contributed by atoms with Gasteiger partial charge in [-0.05, 0) is 35.6 Å². The number of ether oxygens (including phenoxy) is 2. The van der Waals surface area contributed by atoms with Gasteiger partial charge in [-0.1, -0.05) is 48.9 Å². The Morgan fingerprint density at radius 1 is 1.04 bits per heavy atom. The lowest BCUT2D eigenvalue weighted by atomic mass is 9.91. The van der Waals surface area contributed by atoms with Crippen molar-refractivity contribution in [2.45, 2.75) is 44.2 Å². The minimum Gasteiger partial charge on any atom is -0.460 e. The van der Waals surface area contributed by atoms with Crippen molar-refractivity contribution in [3.8, 4) is 0 Å². The number of halogens is 1. The molecule has 2 aromatic rings. The van der Waals surface area contributed by atoms with Gasteiger partial charge >= 0.3 is 5.97 Å². The van der Waals surface area contributed by atoms with E-state index in [9.17, 15) is 4.79 Å². The Balaban J connectivity index is 0.00000210. The lowest BCUT2D eigenvalue weighted by molar-refractivity contribution is -0.155. The van der Waals surface area contributed by atoms with E-state index in [1.54, 1.807) is 0 Å². The summed E-state index contributed by atoms with van der Waals surface area (Å²) in [7, 11) is 0. The number of morpholine rings is 1. The monoisotopic (exact) mass is 389 g/mol. The zero-order chi connectivity index (χ0) is 17.8. The van der Waals surface area contributed by atoms with Gasteiger partial charge in [-0.2, -0.15) is 0 Å². The molecule has 1 aliphatic heterocycles. The highest BCUT2D eigenvalue weighted by Gasteiger charge is 2.33. The van der Waals surface area contributed by atoms with Crippen LogP contribution in [0.3, 0.4) is 0 Å². The molecule has 4 rings (SSSR count). The molecule has 0 amide bonds. The minimum atomic E-state index is -0.105. The SMILES string of the molecule is Cl.O=C(Cc1cccc2ccccc12)OC1CCCCC1N1CCOCC1. The molecule has 5 heteroatoms. The third-order valence-corrected chi connectivity index (χ3v) is 5.68. The summed E-state index contributed by atoms with van der Waals surface area (Å²) in [6.07, 6.45) is 4.82. The number of nitrogens with zero attached hydrogens (tertiary/aromatic N) is 1. The zero-order valence-electron chi connectivity index (χ0n) is 15.6. The average molecular weight is 390 g/mol. The molecule has 1 aliphatic carbocycles. The second-order valence-corrected chi connectivity index (χ2v) is 7.34. The van der Waals surface area contributed by atoms with Gasteiger partial charge in [-0.3, -0.25) is 9.69 Å². The van der Waals surface area contributed by atoms with Crippen molar-refractivity contribution in [1.29, 1.82) is 0 Å². The first-order valence-electron chi connectivity index (χ1n) is 9.79. The molecule has 0 aromatic heterocycles. The summed E-state index contributed by atoms with van der Waals surface area (Å²) in [6.45, 7) is 3.46. The van der Waals surface area contributed by atoms with Crippen LogP contribution in [0.2, 0.25) is 0 Å². The highest BCUT2D eigenvalue weighted by Crippen LogP contribution is 2.27. The molecule has 2 fully saturated rings. The van der Waals surface area contributed by atoms with Gasteiger partial charge in [0.2, 0.25) is 0 Å². The molecule has 2 unspecified atom stereocenters. The summed E-state index contributed by atoms with van der Waals surface area (Å²) in [5.41, 5.74) is 1.05. The fourth-order valence-corrected chi connectivity index (χ4v) is 4.35. The number of rotatable bonds is 4. The number of hydrogen-bond donors (Lipinski definition) is 0. The minimum absolute atomic E-state index is 0. The van der Waals surface area contributed by atoms with Gasteiger partial charge in [0, 0.05) is 19.1 Å². The van der Waals surface area contributed by atoms with Crippen LogP contribution in [0.4, 0.5) is 0 Å². The third kappa shape index (κ3) is 4.81. The van der Waals surface area contributed by atoms with E-state index in [0.717, 1.165) is 56.5 Å². The fraction of sp³-hybridized carbons (Fsp3) is 0.500. The predicted octanol–water partition coefficient (Wildman–Crippen LogP) is 3.99. The van der Waals surface area contributed by atoms with Crippen LogP contribution in [0.1, 0.15) is 31.2 Å². The number of benzene rings is 2. The first-order chi connectivity index (χ1) is 12.8. The van der Waals surface area contributed by atoms with Gasteiger partial charge in [0.05, 0.1) is 19.6 Å². The predicted molar refractivity (Wildman–Crippen MR) is 109 cm³/mol. The van der Waals surface area contributed by atoms with Gasteiger partial charge in [0.15, 0.2) is 0 Å².